The molecule has 4 amide bonds. The Morgan fingerprint density at radius 2 is 1.88 bits per heavy atom. The van der Waals surface area contributed by atoms with Crippen LogP contribution in [0.1, 0.15) is 32.8 Å². The van der Waals surface area contributed by atoms with Crippen molar-refractivity contribution in [1.29, 1.82) is 0 Å². The van der Waals surface area contributed by atoms with Crippen LogP contribution in [0.2, 0.25) is 0 Å². The van der Waals surface area contributed by atoms with Crippen molar-refractivity contribution >= 4 is 29.5 Å². The van der Waals surface area contributed by atoms with Gasteiger partial charge in [-0.15, -0.1) is 0 Å². The highest BCUT2D eigenvalue weighted by Crippen LogP contribution is 2.20. The molecule has 1 aliphatic heterocycles. The van der Waals surface area contributed by atoms with E-state index in [9.17, 15) is 19.2 Å². The average molecular weight is 361 g/mol. The number of nitrogens with one attached hydrogen (secondary N) is 2. The molecule has 0 saturated carbocycles. The van der Waals surface area contributed by atoms with Gasteiger partial charge in [0, 0.05) is 5.69 Å². The summed E-state index contributed by atoms with van der Waals surface area (Å²) in [7, 11) is 0. The first kappa shape index (κ1) is 19.4. The van der Waals surface area contributed by atoms with Crippen LogP contribution in [-0.2, 0) is 19.1 Å². The van der Waals surface area contributed by atoms with E-state index in [1.165, 1.54) is 6.92 Å². The molecule has 0 bridgehead atoms. The summed E-state index contributed by atoms with van der Waals surface area (Å²) >= 11 is 0. The van der Waals surface area contributed by atoms with Gasteiger partial charge in [-0.25, -0.2) is 4.79 Å². The third-order valence-electron chi connectivity index (χ3n) is 4.34. The monoisotopic (exact) mass is 361 g/mol. The minimum absolute atomic E-state index is 0.401. The fraction of sp³-hybridized carbons (Fsp3) is 0.444. The van der Waals surface area contributed by atoms with Gasteiger partial charge in [-0.1, -0.05) is 24.6 Å². The van der Waals surface area contributed by atoms with Crippen LogP contribution in [0.4, 0.5) is 10.5 Å². The number of nitrogens with zero attached hydrogens (tertiary/aromatic N) is 1. The number of imide groups is 1. The maximum atomic E-state index is 12.2. The number of benzene rings is 1. The molecule has 8 heteroatoms. The van der Waals surface area contributed by atoms with Gasteiger partial charge < -0.3 is 15.4 Å². The van der Waals surface area contributed by atoms with Gasteiger partial charge in [0.15, 0.2) is 6.10 Å². The van der Waals surface area contributed by atoms with Gasteiger partial charge in [0.05, 0.1) is 0 Å². The number of hydrogen-bond donors (Lipinski definition) is 2. The average Bonchev–Trinajstić information content (AvgIpc) is 2.80. The van der Waals surface area contributed by atoms with Gasteiger partial charge in [-0.05, 0) is 39.3 Å². The molecule has 1 heterocycles. The zero-order chi connectivity index (χ0) is 19.5. The van der Waals surface area contributed by atoms with Crippen molar-refractivity contribution in [3.63, 3.8) is 0 Å². The third kappa shape index (κ3) is 4.19. The summed E-state index contributed by atoms with van der Waals surface area (Å²) in [6, 6.07) is 6.51. The smallest absolute Gasteiger partial charge is 0.327 e. The van der Waals surface area contributed by atoms with Gasteiger partial charge in [-0.2, -0.15) is 0 Å². The lowest BCUT2D eigenvalue weighted by Crippen LogP contribution is -2.44. The van der Waals surface area contributed by atoms with Gasteiger partial charge >= 0.3 is 12.0 Å². The Balaban J connectivity index is 1.90. The number of carbonyl (C=O) groups excluding carboxylic acids is 4. The molecule has 0 radical (unpaired) electrons. The molecule has 26 heavy (non-hydrogen) atoms. The number of ether oxygens (including phenoxy) is 1. The van der Waals surface area contributed by atoms with Crippen LogP contribution in [0.5, 0.6) is 0 Å². The number of amides is 4. The van der Waals surface area contributed by atoms with Crippen molar-refractivity contribution < 1.29 is 23.9 Å². The van der Waals surface area contributed by atoms with E-state index in [4.69, 9.17) is 4.74 Å². The number of anilines is 1. The lowest BCUT2D eigenvalue weighted by atomic mass is 9.99. The Bertz CT molecular complexity index is 731. The van der Waals surface area contributed by atoms with Gasteiger partial charge in [0.1, 0.15) is 12.1 Å². The summed E-state index contributed by atoms with van der Waals surface area (Å²) in [6.45, 7) is 6.16. The molecule has 1 aliphatic rings. The van der Waals surface area contributed by atoms with Crippen molar-refractivity contribution in [1.82, 2.24) is 10.2 Å². The Hall–Kier alpha value is -2.90. The van der Waals surface area contributed by atoms with Crippen molar-refractivity contribution in [2.45, 2.75) is 45.8 Å². The Morgan fingerprint density at radius 1 is 1.27 bits per heavy atom. The maximum Gasteiger partial charge on any atom is 0.327 e. The molecule has 0 aromatic heterocycles. The quantitative estimate of drug-likeness (QED) is 0.591. The summed E-state index contributed by atoms with van der Waals surface area (Å²) in [6.07, 6.45) is -0.666. The molecule has 1 fully saturated rings. The van der Waals surface area contributed by atoms with E-state index in [1.807, 2.05) is 19.1 Å². The molecule has 1 saturated heterocycles. The zero-order valence-electron chi connectivity index (χ0n) is 15.3. The standard InChI is InChI=1S/C18H23N3O5/c1-5-18(4)16(24)21(17(25)20-18)10-14(22)26-12(3)15(23)19-13-8-6-11(2)7-9-13/h6-9,12H,5,10H2,1-4H3,(H,19,23)(H,20,25)/t12-,18-/m0/s1. The first-order valence-corrected chi connectivity index (χ1v) is 8.37. The van der Waals surface area contributed by atoms with Gasteiger partial charge in [0.2, 0.25) is 0 Å². The van der Waals surface area contributed by atoms with E-state index < -0.39 is 42.0 Å². The number of urea groups is 1. The molecule has 1 aromatic rings. The number of carbonyl (C=O) groups is 4. The predicted octanol–water partition coefficient (Wildman–Crippen LogP) is 1.59. The second kappa shape index (κ2) is 7.55. The summed E-state index contributed by atoms with van der Waals surface area (Å²) in [4.78, 5) is 49.1. The molecule has 0 spiro atoms. The van der Waals surface area contributed by atoms with Gasteiger partial charge in [0.25, 0.3) is 11.8 Å². The molecule has 8 nitrogen and oxygen atoms in total. The normalized spacial score (nSPS) is 20.5. The van der Waals surface area contributed by atoms with Crippen molar-refractivity contribution in [2.75, 3.05) is 11.9 Å². The lowest BCUT2D eigenvalue weighted by molar-refractivity contribution is -0.155. The van der Waals surface area contributed by atoms with Crippen molar-refractivity contribution in [3.8, 4) is 0 Å². The summed E-state index contributed by atoms with van der Waals surface area (Å²) < 4.78 is 5.04. The zero-order valence-corrected chi connectivity index (χ0v) is 15.3. The summed E-state index contributed by atoms with van der Waals surface area (Å²) in [5.74, 6) is -1.82. The molecule has 2 N–H and O–H groups in total. The summed E-state index contributed by atoms with van der Waals surface area (Å²) in [5.41, 5.74) is 0.609. The highest BCUT2D eigenvalue weighted by atomic mass is 16.5. The first-order chi connectivity index (χ1) is 12.2. The molecule has 1 aromatic carbocycles. The van der Waals surface area contributed by atoms with Crippen LogP contribution in [0, 0.1) is 6.92 Å². The fourth-order valence-corrected chi connectivity index (χ4v) is 2.43. The minimum Gasteiger partial charge on any atom is -0.451 e. The molecule has 0 aliphatic carbocycles. The second-order valence-corrected chi connectivity index (χ2v) is 6.49. The van der Waals surface area contributed by atoms with Gasteiger partial charge in [-0.3, -0.25) is 19.3 Å². The van der Waals surface area contributed by atoms with E-state index in [1.54, 1.807) is 26.0 Å². The van der Waals surface area contributed by atoms with E-state index >= 15 is 0 Å². The molecule has 140 valence electrons. The minimum atomic E-state index is -1.07. The Kier molecular flexibility index (Phi) is 5.64. The number of esters is 1. The number of hydrogen-bond acceptors (Lipinski definition) is 5. The maximum absolute atomic E-state index is 12.2. The van der Waals surface area contributed by atoms with E-state index in [0.29, 0.717) is 12.1 Å². The van der Waals surface area contributed by atoms with Crippen LogP contribution in [-0.4, -0.2) is 46.9 Å². The number of aryl methyl sites for hydroxylation is 1. The topological polar surface area (TPSA) is 105 Å². The Labute approximate surface area is 151 Å². The van der Waals surface area contributed by atoms with E-state index in [2.05, 4.69) is 10.6 Å². The number of rotatable bonds is 6. The van der Waals surface area contributed by atoms with Crippen molar-refractivity contribution in [2.24, 2.45) is 0 Å². The predicted molar refractivity (Wildman–Crippen MR) is 94.3 cm³/mol. The van der Waals surface area contributed by atoms with Crippen LogP contribution in [0.3, 0.4) is 0 Å². The molecular weight excluding hydrogens is 338 g/mol. The molecule has 2 atom stereocenters. The van der Waals surface area contributed by atoms with Crippen molar-refractivity contribution in [3.05, 3.63) is 29.8 Å². The molecule has 0 unspecified atom stereocenters. The highest BCUT2D eigenvalue weighted by molar-refractivity contribution is 6.08. The second-order valence-electron chi connectivity index (χ2n) is 6.49. The fourth-order valence-electron chi connectivity index (χ4n) is 2.43. The van der Waals surface area contributed by atoms with Crippen LogP contribution in [0.25, 0.3) is 0 Å². The van der Waals surface area contributed by atoms with Crippen LogP contribution in [0.15, 0.2) is 24.3 Å². The molecular formula is C18H23N3O5. The summed E-state index contributed by atoms with van der Waals surface area (Å²) in [5, 5.41) is 5.18. The highest BCUT2D eigenvalue weighted by Gasteiger charge is 2.47. The molecule has 2 rings (SSSR count). The SMILES string of the molecule is CC[C@]1(C)NC(=O)N(CC(=O)O[C@@H](C)C(=O)Nc2ccc(C)cc2)C1=O. The largest absolute Gasteiger partial charge is 0.451 e. The lowest BCUT2D eigenvalue weighted by Gasteiger charge is -2.19. The Morgan fingerprint density at radius 3 is 2.42 bits per heavy atom. The first-order valence-electron chi connectivity index (χ1n) is 8.37. The van der Waals surface area contributed by atoms with Crippen LogP contribution < -0.4 is 10.6 Å². The van der Waals surface area contributed by atoms with E-state index in [-0.39, 0.29) is 0 Å². The van der Waals surface area contributed by atoms with Crippen LogP contribution >= 0.6 is 0 Å². The third-order valence-corrected chi connectivity index (χ3v) is 4.34. The van der Waals surface area contributed by atoms with E-state index in [0.717, 1.165) is 10.5 Å².